The van der Waals surface area contributed by atoms with Gasteiger partial charge < -0.3 is 11.1 Å². The number of aromatic nitrogens is 3. The van der Waals surface area contributed by atoms with Crippen LogP contribution in [0.25, 0.3) is 22.0 Å². The van der Waals surface area contributed by atoms with E-state index in [4.69, 9.17) is 5.73 Å². The average Bonchev–Trinajstić information content (AvgIpc) is 2.80. The zero-order chi connectivity index (χ0) is 22.9. The number of anilines is 2. The Labute approximate surface area is 186 Å². The Hall–Kier alpha value is -4.31. The summed E-state index contributed by atoms with van der Waals surface area (Å²) in [5, 5.41) is 13.2. The molecule has 1 aromatic carbocycles. The molecule has 4 aromatic rings. The van der Waals surface area contributed by atoms with Crippen molar-refractivity contribution in [2.45, 2.75) is 26.2 Å². The molecule has 0 radical (unpaired) electrons. The lowest BCUT2D eigenvalue weighted by molar-refractivity contribution is 0.102. The molecule has 158 valence electrons. The van der Waals surface area contributed by atoms with Gasteiger partial charge >= 0.3 is 0 Å². The molecule has 0 saturated heterocycles. The second-order valence-electron chi connectivity index (χ2n) is 8.18. The lowest BCUT2D eigenvalue weighted by atomic mass is 9.86. The number of aryl methyl sites for hydroxylation is 1. The minimum Gasteiger partial charge on any atom is -0.384 e. The molecule has 0 saturated carbocycles. The maximum Gasteiger partial charge on any atom is 0.274 e. The number of nitrogen functional groups attached to an aromatic ring is 1. The number of carbonyl (C=O) groups excluding carboxylic acids is 1. The van der Waals surface area contributed by atoms with Gasteiger partial charge in [-0.3, -0.25) is 14.8 Å². The Morgan fingerprint density at radius 3 is 2.66 bits per heavy atom. The molecule has 3 N–H and O–H groups in total. The highest BCUT2D eigenvalue weighted by Gasteiger charge is 2.21. The van der Waals surface area contributed by atoms with E-state index in [2.05, 4.69) is 26.3 Å². The summed E-state index contributed by atoms with van der Waals surface area (Å²) in [6.07, 6.45) is 5.03. The van der Waals surface area contributed by atoms with Crippen LogP contribution in [-0.4, -0.2) is 20.9 Å². The predicted molar refractivity (Wildman–Crippen MR) is 125 cm³/mol. The summed E-state index contributed by atoms with van der Waals surface area (Å²) in [6, 6.07) is 15.1. The van der Waals surface area contributed by atoms with Crippen molar-refractivity contribution in [3.63, 3.8) is 0 Å². The number of nitriles is 1. The van der Waals surface area contributed by atoms with E-state index in [1.165, 1.54) is 0 Å². The smallest absolute Gasteiger partial charge is 0.274 e. The molecule has 1 amide bonds. The van der Waals surface area contributed by atoms with Crippen molar-refractivity contribution < 1.29 is 4.79 Å². The van der Waals surface area contributed by atoms with Crippen molar-refractivity contribution in [1.82, 2.24) is 15.0 Å². The normalized spacial score (nSPS) is 11.2. The number of carbonyl (C=O) groups is 1. The maximum absolute atomic E-state index is 12.8. The van der Waals surface area contributed by atoms with Crippen LogP contribution < -0.4 is 11.1 Å². The topological polar surface area (TPSA) is 118 Å². The molecule has 0 aliphatic rings. The van der Waals surface area contributed by atoms with E-state index in [0.717, 1.165) is 33.2 Å². The highest BCUT2D eigenvalue weighted by Crippen LogP contribution is 2.29. The fourth-order valence-electron chi connectivity index (χ4n) is 3.40. The zero-order valence-corrected chi connectivity index (χ0v) is 18.0. The highest BCUT2D eigenvalue weighted by molar-refractivity contribution is 6.03. The maximum atomic E-state index is 12.8. The molecule has 32 heavy (non-hydrogen) atoms. The van der Waals surface area contributed by atoms with Gasteiger partial charge in [-0.1, -0.05) is 6.07 Å². The van der Waals surface area contributed by atoms with Gasteiger partial charge in [0, 0.05) is 41.3 Å². The molecule has 3 heterocycles. The van der Waals surface area contributed by atoms with E-state index >= 15 is 0 Å². The monoisotopic (exact) mass is 422 g/mol. The fraction of sp³-hybridized carbons (Fsp3) is 0.160. The standard InChI is InChI=1S/C25H22N6O/c1-15-4-5-19(31-24(32)22-9-18(6-7-28-22)25(2,3)14-26)10-20(15)16-8-17-13-30-23(27)11-21(17)29-12-16/h4-13H,1-3H3,(H2,27,30)(H,31,32). The Morgan fingerprint density at radius 2 is 1.88 bits per heavy atom. The van der Waals surface area contributed by atoms with E-state index in [-0.39, 0.29) is 11.6 Å². The molecule has 3 aromatic heterocycles. The molecular formula is C25H22N6O. The second-order valence-corrected chi connectivity index (χ2v) is 8.18. The van der Waals surface area contributed by atoms with Crippen molar-refractivity contribution in [3.05, 3.63) is 77.9 Å². The molecule has 4 rings (SSSR count). The van der Waals surface area contributed by atoms with Gasteiger partial charge in [-0.05, 0) is 67.8 Å². The first-order valence-corrected chi connectivity index (χ1v) is 10.1. The Kier molecular flexibility index (Phi) is 5.29. The number of amides is 1. The molecular weight excluding hydrogens is 400 g/mol. The number of hydrogen-bond donors (Lipinski definition) is 2. The van der Waals surface area contributed by atoms with Crippen molar-refractivity contribution in [2.75, 3.05) is 11.1 Å². The van der Waals surface area contributed by atoms with Crippen LogP contribution in [0.5, 0.6) is 0 Å². The van der Waals surface area contributed by atoms with Gasteiger partial charge in [-0.15, -0.1) is 0 Å². The van der Waals surface area contributed by atoms with Gasteiger partial charge in [0.05, 0.1) is 17.0 Å². The summed E-state index contributed by atoms with van der Waals surface area (Å²) < 4.78 is 0. The van der Waals surface area contributed by atoms with Gasteiger partial charge in [0.1, 0.15) is 11.5 Å². The van der Waals surface area contributed by atoms with Crippen molar-refractivity contribution >= 4 is 28.3 Å². The SMILES string of the molecule is Cc1ccc(NC(=O)c2cc(C(C)(C)C#N)ccn2)cc1-c1cnc2cc(N)ncc2c1. The molecule has 7 nitrogen and oxygen atoms in total. The Balaban J connectivity index is 1.64. The highest BCUT2D eigenvalue weighted by atomic mass is 16.1. The quantitative estimate of drug-likeness (QED) is 0.495. The van der Waals surface area contributed by atoms with Gasteiger partial charge in [0.2, 0.25) is 0 Å². The largest absolute Gasteiger partial charge is 0.384 e. The molecule has 0 aliphatic heterocycles. The van der Waals surface area contributed by atoms with Crippen LogP contribution >= 0.6 is 0 Å². The average molecular weight is 422 g/mol. The van der Waals surface area contributed by atoms with E-state index < -0.39 is 5.41 Å². The molecule has 0 aliphatic carbocycles. The predicted octanol–water partition coefficient (Wildman–Crippen LogP) is 4.64. The fourth-order valence-corrected chi connectivity index (χ4v) is 3.40. The summed E-state index contributed by atoms with van der Waals surface area (Å²) >= 11 is 0. The number of pyridine rings is 3. The van der Waals surface area contributed by atoms with Gasteiger partial charge in [-0.2, -0.15) is 5.26 Å². The number of rotatable bonds is 4. The van der Waals surface area contributed by atoms with Crippen LogP contribution in [0.15, 0.2) is 61.1 Å². The molecule has 0 spiro atoms. The minimum atomic E-state index is -0.711. The van der Waals surface area contributed by atoms with Crippen LogP contribution in [-0.2, 0) is 5.41 Å². The number of benzene rings is 1. The number of nitrogens with two attached hydrogens (primary N) is 1. The number of hydrogen-bond acceptors (Lipinski definition) is 6. The lowest BCUT2D eigenvalue weighted by Gasteiger charge is -2.16. The zero-order valence-electron chi connectivity index (χ0n) is 18.0. The van der Waals surface area contributed by atoms with Crippen LogP contribution in [0, 0.1) is 18.3 Å². The number of nitrogens with zero attached hydrogens (tertiary/aromatic N) is 4. The van der Waals surface area contributed by atoms with Crippen LogP contribution in [0.2, 0.25) is 0 Å². The van der Waals surface area contributed by atoms with E-state index in [0.29, 0.717) is 11.5 Å². The molecule has 7 heteroatoms. The van der Waals surface area contributed by atoms with Crippen molar-refractivity contribution in [3.8, 4) is 17.2 Å². The van der Waals surface area contributed by atoms with Crippen LogP contribution in [0.4, 0.5) is 11.5 Å². The van der Waals surface area contributed by atoms with Crippen LogP contribution in [0.3, 0.4) is 0 Å². The summed E-state index contributed by atoms with van der Waals surface area (Å²) in [6.45, 7) is 5.61. The van der Waals surface area contributed by atoms with E-state index in [9.17, 15) is 10.1 Å². The molecule has 0 unspecified atom stereocenters. The first kappa shape index (κ1) is 20.9. The van der Waals surface area contributed by atoms with Gasteiger partial charge in [0.15, 0.2) is 0 Å². The Morgan fingerprint density at radius 1 is 1.06 bits per heavy atom. The summed E-state index contributed by atoms with van der Waals surface area (Å²) in [7, 11) is 0. The second kappa shape index (κ2) is 8.08. The van der Waals surface area contributed by atoms with E-state index in [1.807, 2.05) is 31.2 Å². The minimum absolute atomic E-state index is 0.254. The third-order valence-corrected chi connectivity index (χ3v) is 5.39. The Bertz CT molecular complexity index is 1390. The first-order valence-electron chi connectivity index (χ1n) is 10.1. The van der Waals surface area contributed by atoms with Crippen molar-refractivity contribution in [2.24, 2.45) is 0 Å². The summed E-state index contributed by atoms with van der Waals surface area (Å²) in [4.78, 5) is 25.6. The third kappa shape index (κ3) is 4.12. The first-order chi connectivity index (χ1) is 15.3. The number of nitrogens with one attached hydrogen (secondary N) is 1. The summed E-state index contributed by atoms with van der Waals surface area (Å²) in [5.41, 5.74) is 10.3. The van der Waals surface area contributed by atoms with Crippen molar-refractivity contribution in [1.29, 1.82) is 5.26 Å². The molecule has 0 bridgehead atoms. The van der Waals surface area contributed by atoms with Gasteiger partial charge in [0.25, 0.3) is 5.91 Å². The molecule has 0 fully saturated rings. The number of fused-ring (bicyclic) bond motifs is 1. The van der Waals surface area contributed by atoms with Gasteiger partial charge in [-0.25, -0.2) is 4.98 Å². The van der Waals surface area contributed by atoms with Crippen LogP contribution in [0.1, 0.15) is 35.5 Å². The third-order valence-electron chi connectivity index (χ3n) is 5.39. The van der Waals surface area contributed by atoms with E-state index in [1.54, 1.807) is 50.6 Å². The lowest BCUT2D eigenvalue weighted by Crippen LogP contribution is -2.18. The molecule has 0 atom stereocenters. The summed E-state index contributed by atoms with van der Waals surface area (Å²) in [5.74, 6) is 0.0844.